The molecular formula is C21H28N2. The molecule has 0 atom stereocenters. The number of anilines is 1. The molecule has 122 valence electrons. The summed E-state index contributed by atoms with van der Waals surface area (Å²) in [5.74, 6) is 1.06. The van der Waals surface area contributed by atoms with E-state index in [9.17, 15) is 0 Å². The first-order valence-corrected chi connectivity index (χ1v) is 9.19. The number of allylic oxidation sites excluding steroid dienone is 1. The summed E-state index contributed by atoms with van der Waals surface area (Å²) in [5.41, 5.74) is 2.31. The average Bonchev–Trinajstić information content (AvgIpc) is 2.60. The molecule has 0 unspecified atom stereocenters. The van der Waals surface area contributed by atoms with Crippen LogP contribution in [-0.2, 0) is 0 Å². The van der Waals surface area contributed by atoms with Gasteiger partial charge in [-0.25, -0.2) is 4.98 Å². The fourth-order valence-electron chi connectivity index (χ4n) is 3.35. The van der Waals surface area contributed by atoms with Crippen molar-refractivity contribution in [2.75, 3.05) is 5.32 Å². The first-order valence-electron chi connectivity index (χ1n) is 9.19. The van der Waals surface area contributed by atoms with Crippen molar-refractivity contribution < 1.29 is 0 Å². The molecule has 1 saturated carbocycles. The molecule has 1 fully saturated rings. The van der Waals surface area contributed by atoms with Crippen molar-refractivity contribution in [3.8, 4) is 0 Å². The van der Waals surface area contributed by atoms with Crippen molar-refractivity contribution in [1.82, 2.24) is 4.98 Å². The Morgan fingerprint density at radius 2 is 2.00 bits per heavy atom. The number of fused-ring (bicyclic) bond motifs is 1. The van der Waals surface area contributed by atoms with Gasteiger partial charge in [0.25, 0.3) is 0 Å². The summed E-state index contributed by atoms with van der Waals surface area (Å²) in [6.07, 6.45) is 14.8. The Balaban J connectivity index is 1.86. The van der Waals surface area contributed by atoms with E-state index in [2.05, 4.69) is 54.7 Å². The van der Waals surface area contributed by atoms with Crippen molar-refractivity contribution in [3.05, 3.63) is 42.0 Å². The fourth-order valence-corrected chi connectivity index (χ4v) is 3.35. The molecular weight excluding hydrogens is 280 g/mol. The molecule has 1 N–H and O–H groups in total. The van der Waals surface area contributed by atoms with Gasteiger partial charge in [0.05, 0.1) is 5.52 Å². The van der Waals surface area contributed by atoms with Gasteiger partial charge in [-0.1, -0.05) is 69.4 Å². The molecule has 2 aromatic rings. The third-order valence-corrected chi connectivity index (χ3v) is 4.72. The fraction of sp³-hybridized carbons (Fsp3) is 0.476. The molecule has 1 aliphatic carbocycles. The van der Waals surface area contributed by atoms with Gasteiger partial charge in [0.1, 0.15) is 5.82 Å². The van der Waals surface area contributed by atoms with Crippen LogP contribution in [0.5, 0.6) is 0 Å². The Hall–Kier alpha value is -1.83. The Morgan fingerprint density at radius 1 is 1.17 bits per heavy atom. The van der Waals surface area contributed by atoms with Gasteiger partial charge in [0, 0.05) is 17.0 Å². The first-order chi connectivity index (χ1) is 11.4. The molecule has 1 aromatic heterocycles. The van der Waals surface area contributed by atoms with Gasteiger partial charge in [0.15, 0.2) is 0 Å². The predicted octanol–water partition coefficient (Wildman–Crippen LogP) is 6.18. The van der Waals surface area contributed by atoms with E-state index < -0.39 is 0 Å². The second-order valence-electron chi connectivity index (χ2n) is 6.64. The number of nitrogens with one attached hydrogen (secondary N) is 1. The summed E-state index contributed by atoms with van der Waals surface area (Å²) in [7, 11) is 0. The molecule has 1 heterocycles. The maximum absolute atomic E-state index is 4.91. The van der Waals surface area contributed by atoms with Crippen molar-refractivity contribution in [2.45, 2.75) is 64.3 Å². The van der Waals surface area contributed by atoms with E-state index in [1.54, 1.807) is 0 Å². The van der Waals surface area contributed by atoms with E-state index >= 15 is 0 Å². The Labute approximate surface area is 140 Å². The van der Waals surface area contributed by atoms with Crippen molar-refractivity contribution in [2.24, 2.45) is 0 Å². The van der Waals surface area contributed by atoms with Gasteiger partial charge < -0.3 is 5.32 Å². The molecule has 0 aliphatic heterocycles. The summed E-state index contributed by atoms with van der Waals surface area (Å²) >= 11 is 0. The van der Waals surface area contributed by atoms with Gasteiger partial charge in [-0.05, 0) is 31.4 Å². The molecule has 0 spiro atoms. The second-order valence-corrected chi connectivity index (χ2v) is 6.64. The summed E-state index contributed by atoms with van der Waals surface area (Å²) in [5, 5.41) is 4.94. The maximum atomic E-state index is 4.91. The van der Waals surface area contributed by atoms with Crippen LogP contribution in [-0.4, -0.2) is 11.0 Å². The largest absolute Gasteiger partial charge is 0.367 e. The highest BCUT2D eigenvalue weighted by molar-refractivity contribution is 5.84. The van der Waals surface area contributed by atoms with Crippen LogP contribution in [0.2, 0.25) is 0 Å². The van der Waals surface area contributed by atoms with Crippen LogP contribution in [0.15, 0.2) is 36.4 Å². The number of rotatable bonds is 6. The molecule has 23 heavy (non-hydrogen) atoms. The van der Waals surface area contributed by atoms with E-state index in [-0.39, 0.29) is 0 Å². The lowest BCUT2D eigenvalue weighted by Gasteiger charge is -2.24. The zero-order valence-electron chi connectivity index (χ0n) is 14.2. The Bertz CT molecular complexity index is 654. The van der Waals surface area contributed by atoms with Crippen LogP contribution in [0.1, 0.15) is 63.9 Å². The highest BCUT2D eigenvalue weighted by atomic mass is 15.0. The van der Waals surface area contributed by atoms with Crippen molar-refractivity contribution >= 4 is 22.8 Å². The highest BCUT2D eigenvalue weighted by Gasteiger charge is 2.15. The number of pyridine rings is 1. The summed E-state index contributed by atoms with van der Waals surface area (Å²) < 4.78 is 0. The number of benzene rings is 1. The van der Waals surface area contributed by atoms with Gasteiger partial charge in [0.2, 0.25) is 0 Å². The van der Waals surface area contributed by atoms with E-state index in [0.717, 1.165) is 17.8 Å². The Kier molecular flexibility index (Phi) is 5.68. The molecule has 0 saturated heterocycles. The monoisotopic (exact) mass is 308 g/mol. The van der Waals surface area contributed by atoms with Crippen molar-refractivity contribution in [1.29, 1.82) is 0 Å². The van der Waals surface area contributed by atoms with Crippen LogP contribution in [0, 0.1) is 0 Å². The third kappa shape index (κ3) is 4.34. The quantitative estimate of drug-likeness (QED) is 0.644. The van der Waals surface area contributed by atoms with Crippen LogP contribution < -0.4 is 5.32 Å². The zero-order valence-corrected chi connectivity index (χ0v) is 14.2. The summed E-state index contributed by atoms with van der Waals surface area (Å²) in [6, 6.07) is 11.3. The molecule has 2 nitrogen and oxygen atoms in total. The minimum absolute atomic E-state index is 0.584. The van der Waals surface area contributed by atoms with E-state index in [1.807, 2.05) is 0 Å². The van der Waals surface area contributed by atoms with Gasteiger partial charge in [-0.3, -0.25) is 0 Å². The topological polar surface area (TPSA) is 24.9 Å². The first kappa shape index (κ1) is 16.0. The lowest BCUT2D eigenvalue weighted by atomic mass is 9.95. The number of unbranched alkanes of at least 4 members (excludes halogenated alkanes) is 2. The van der Waals surface area contributed by atoms with Crippen LogP contribution >= 0.6 is 0 Å². The normalized spacial score (nSPS) is 16.2. The smallest absolute Gasteiger partial charge is 0.134 e. The number of hydrogen-bond donors (Lipinski definition) is 1. The van der Waals surface area contributed by atoms with E-state index in [1.165, 1.54) is 55.9 Å². The summed E-state index contributed by atoms with van der Waals surface area (Å²) in [6.45, 7) is 2.24. The van der Waals surface area contributed by atoms with Crippen LogP contribution in [0.25, 0.3) is 17.0 Å². The lowest BCUT2D eigenvalue weighted by Crippen LogP contribution is -2.23. The van der Waals surface area contributed by atoms with E-state index in [0.29, 0.717) is 6.04 Å². The standard InChI is InChI=1S/C21H28N2/c1-2-3-4-6-12-18-16-17-11-9-10-15-20(17)23-21(18)22-19-13-7-5-8-14-19/h6,9-12,15-16,19H,2-5,7-8,13-14H2,1H3,(H,22,23)/b12-6-. The maximum Gasteiger partial charge on any atom is 0.134 e. The van der Waals surface area contributed by atoms with Crippen LogP contribution in [0.3, 0.4) is 0 Å². The minimum atomic E-state index is 0.584. The molecule has 0 radical (unpaired) electrons. The molecule has 3 rings (SSSR count). The SMILES string of the molecule is CCCC/C=C\c1cc2ccccc2nc1NC1CCCCC1. The number of hydrogen-bond acceptors (Lipinski definition) is 2. The zero-order chi connectivity index (χ0) is 15.9. The lowest BCUT2D eigenvalue weighted by molar-refractivity contribution is 0.462. The number of para-hydroxylation sites is 1. The Morgan fingerprint density at radius 3 is 2.83 bits per heavy atom. The molecule has 1 aromatic carbocycles. The highest BCUT2D eigenvalue weighted by Crippen LogP contribution is 2.26. The minimum Gasteiger partial charge on any atom is -0.367 e. The predicted molar refractivity (Wildman–Crippen MR) is 101 cm³/mol. The summed E-state index contributed by atoms with van der Waals surface area (Å²) in [4.78, 5) is 4.91. The van der Waals surface area contributed by atoms with Gasteiger partial charge in [-0.2, -0.15) is 0 Å². The third-order valence-electron chi connectivity index (χ3n) is 4.72. The molecule has 0 amide bonds. The molecule has 0 bridgehead atoms. The van der Waals surface area contributed by atoms with Crippen LogP contribution in [0.4, 0.5) is 5.82 Å². The van der Waals surface area contributed by atoms with Crippen molar-refractivity contribution in [3.63, 3.8) is 0 Å². The van der Waals surface area contributed by atoms with Gasteiger partial charge >= 0.3 is 0 Å². The number of nitrogens with zero attached hydrogens (tertiary/aromatic N) is 1. The van der Waals surface area contributed by atoms with Gasteiger partial charge in [-0.15, -0.1) is 0 Å². The molecule has 1 aliphatic rings. The second kappa shape index (κ2) is 8.14. The average molecular weight is 308 g/mol. The molecule has 2 heteroatoms. The van der Waals surface area contributed by atoms with E-state index in [4.69, 9.17) is 4.98 Å². The number of aromatic nitrogens is 1.